The van der Waals surface area contributed by atoms with Crippen LogP contribution in [0.2, 0.25) is 0 Å². The molecular formula is C24H19FN2O4S2. The van der Waals surface area contributed by atoms with Gasteiger partial charge in [-0.1, -0.05) is 36.4 Å². The molecule has 0 saturated heterocycles. The molecule has 1 N–H and O–H groups in total. The maximum atomic E-state index is 13.4. The number of ether oxygens (including phenoxy) is 1. The molecule has 4 rings (SSSR count). The Balaban J connectivity index is 1.59. The Morgan fingerprint density at radius 2 is 1.61 bits per heavy atom. The monoisotopic (exact) mass is 482 g/mol. The molecule has 6 nitrogen and oxygen atoms in total. The Morgan fingerprint density at radius 3 is 2.30 bits per heavy atom. The van der Waals surface area contributed by atoms with E-state index in [0.717, 1.165) is 27.8 Å². The number of sulfonamides is 1. The maximum Gasteiger partial charge on any atom is 0.274 e. The number of nitrogens with zero attached hydrogens (tertiary/aromatic N) is 1. The van der Waals surface area contributed by atoms with E-state index in [1.165, 1.54) is 18.2 Å². The van der Waals surface area contributed by atoms with E-state index in [0.29, 0.717) is 17.2 Å². The zero-order valence-electron chi connectivity index (χ0n) is 17.2. The predicted octanol–water partition coefficient (Wildman–Crippen LogP) is 5.51. The molecule has 0 aliphatic rings. The standard InChI is InChI=1S/C24H19FN2O4S2/c25-18-12-14-19(15-13-18)27(33(29,30)24-11-6-16-32-24)17-23(28)26-21-9-4-5-10-22(21)31-20-7-2-1-3-8-20/h1-16H,17H2,(H,26,28). The van der Waals surface area contributed by atoms with Crippen LogP contribution in [0.5, 0.6) is 11.5 Å². The first-order chi connectivity index (χ1) is 15.9. The lowest BCUT2D eigenvalue weighted by Gasteiger charge is -2.23. The molecule has 1 amide bonds. The number of carbonyl (C=O) groups is 1. The van der Waals surface area contributed by atoms with Gasteiger partial charge in [-0.05, 0) is 60.0 Å². The number of rotatable bonds is 8. The molecule has 4 aromatic rings. The van der Waals surface area contributed by atoms with Gasteiger partial charge in [-0.2, -0.15) is 0 Å². The first kappa shape index (κ1) is 22.5. The number of anilines is 2. The molecule has 1 aromatic heterocycles. The summed E-state index contributed by atoms with van der Waals surface area (Å²) in [5.74, 6) is -0.0915. The molecule has 0 radical (unpaired) electrons. The highest BCUT2D eigenvalue weighted by atomic mass is 32.2. The summed E-state index contributed by atoms with van der Waals surface area (Å²) in [4.78, 5) is 12.9. The Bertz CT molecular complexity index is 1330. The summed E-state index contributed by atoms with van der Waals surface area (Å²) in [6.07, 6.45) is 0. The molecule has 33 heavy (non-hydrogen) atoms. The van der Waals surface area contributed by atoms with Gasteiger partial charge in [0.05, 0.1) is 11.4 Å². The summed E-state index contributed by atoms with van der Waals surface area (Å²) in [5, 5.41) is 4.35. The van der Waals surface area contributed by atoms with E-state index >= 15 is 0 Å². The van der Waals surface area contributed by atoms with Gasteiger partial charge in [0.1, 0.15) is 22.3 Å². The lowest BCUT2D eigenvalue weighted by Crippen LogP contribution is -2.37. The number of carbonyl (C=O) groups excluding carboxylic acids is 1. The minimum absolute atomic E-state index is 0.0763. The van der Waals surface area contributed by atoms with E-state index in [1.807, 2.05) is 18.2 Å². The average Bonchev–Trinajstić information content (AvgIpc) is 3.36. The largest absolute Gasteiger partial charge is 0.455 e. The van der Waals surface area contributed by atoms with Crippen molar-refractivity contribution in [3.63, 3.8) is 0 Å². The molecule has 1 heterocycles. The number of para-hydroxylation sites is 3. The first-order valence-electron chi connectivity index (χ1n) is 9.87. The summed E-state index contributed by atoms with van der Waals surface area (Å²) in [6.45, 7) is -0.508. The average molecular weight is 483 g/mol. The topological polar surface area (TPSA) is 75.7 Å². The fraction of sp³-hybridized carbons (Fsp3) is 0.0417. The van der Waals surface area contributed by atoms with E-state index in [4.69, 9.17) is 4.74 Å². The number of nitrogens with one attached hydrogen (secondary N) is 1. The fourth-order valence-electron chi connectivity index (χ4n) is 3.04. The lowest BCUT2D eigenvalue weighted by molar-refractivity contribution is -0.114. The van der Waals surface area contributed by atoms with Crippen LogP contribution in [0.25, 0.3) is 0 Å². The van der Waals surface area contributed by atoms with Crippen LogP contribution in [-0.4, -0.2) is 20.9 Å². The van der Waals surface area contributed by atoms with Gasteiger partial charge in [0.15, 0.2) is 5.75 Å². The summed E-state index contributed by atoms with van der Waals surface area (Å²) in [7, 11) is -4.03. The van der Waals surface area contributed by atoms with Gasteiger partial charge in [0.2, 0.25) is 5.91 Å². The molecule has 0 unspecified atom stereocenters. The number of halogens is 1. The van der Waals surface area contributed by atoms with Crippen LogP contribution >= 0.6 is 11.3 Å². The molecule has 0 aliphatic carbocycles. The molecule has 0 atom stereocenters. The summed E-state index contributed by atoms with van der Waals surface area (Å²) >= 11 is 1.04. The number of thiophene rings is 1. The molecule has 0 bridgehead atoms. The lowest BCUT2D eigenvalue weighted by atomic mass is 10.2. The van der Waals surface area contributed by atoms with Gasteiger partial charge in [0.25, 0.3) is 10.0 Å². The van der Waals surface area contributed by atoms with Crippen LogP contribution in [0.4, 0.5) is 15.8 Å². The summed E-state index contributed by atoms with van der Waals surface area (Å²) in [5.41, 5.74) is 0.563. The highest BCUT2D eigenvalue weighted by Gasteiger charge is 2.28. The Labute approximate surface area is 194 Å². The molecule has 0 aliphatic heterocycles. The van der Waals surface area contributed by atoms with Gasteiger partial charge in [-0.15, -0.1) is 11.3 Å². The fourth-order valence-corrected chi connectivity index (χ4v) is 5.56. The smallest absolute Gasteiger partial charge is 0.274 e. The Hall–Kier alpha value is -3.69. The van der Waals surface area contributed by atoms with Crippen LogP contribution in [-0.2, 0) is 14.8 Å². The molecule has 3 aromatic carbocycles. The molecule has 0 spiro atoms. The Kier molecular flexibility index (Phi) is 6.71. The molecule has 0 saturated carbocycles. The van der Waals surface area contributed by atoms with E-state index in [2.05, 4.69) is 5.32 Å². The maximum absolute atomic E-state index is 13.4. The molecule has 0 fully saturated rings. The zero-order chi connectivity index (χ0) is 23.3. The SMILES string of the molecule is O=C(CN(c1ccc(F)cc1)S(=O)(=O)c1cccs1)Nc1ccccc1Oc1ccccc1. The van der Waals surface area contributed by atoms with Crippen LogP contribution in [0.3, 0.4) is 0 Å². The normalized spacial score (nSPS) is 11.1. The van der Waals surface area contributed by atoms with Crippen molar-refractivity contribution in [2.75, 3.05) is 16.2 Å². The van der Waals surface area contributed by atoms with Crippen molar-refractivity contribution in [1.82, 2.24) is 0 Å². The number of benzene rings is 3. The number of hydrogen-bond acceptors (Lipinski definition) is 5. The second kappa shape index (κ2) is 9.85. The molecule has 9 heteroatoms. The van der Waals surface area contributed by atoms with Crippen molar-refractivity contribution in [2.24, 2.45) is 0 Å². The zero-order valence-corrected chi connectivity index (χ0v) is 18.9. The van der Waals surface area contributed by atoms with Crippen molar-refractivity contribution < 1.29 is 22.3 Å². The van der Waals surface area contributed by atoms with Crippen molar-refractivity contribution in [1.29, 1.82) is 0 Å². The highest BCUT2D eigenvalue weighted by Crippen LogP contribution is 2.30. The van der Waals surface area contributed by atoms with Crippen molar-refractivity contribution >= 4 is 38.6 Å². The van der Waals surface area contributed by atoms with E-state index in [9.17, 15) is 17.6 Å². The van der Waals surface area contributed by atoms with Crippen LogP contribution in [0, 0.1) is 5.82 Å². The minimum Gasteiger partial charge on any atom is -0.455 e. The summed E-state index contributed by atoms with van der Waals surface area (Å²) < 4.78 is 46.7. The quantitative estimate of drug-likeness (QED) is 0.359. The van der Waals surface area contributed by atoms with Gasteiger partial charge in [-0.25, -0.2) is 12.8 Å². The molecule has 168 valence electrons. The van der Waals surface area contributed by atoms with Crippen molar-refractivity contribution in [3.05, 3.63) is 102 Å². The van der Waals surface area contributed by atoms with Crippen LogP contribution in [0.15, 0.2) is 101 Å². The summed E-state index contributed by atoms with van der Waals surface area (Å²) in [6, 6.07) is 23.9. The number of hydrogen-bond donors (Lipinski definition) is 1. The van der Waals surface area contributed by atoms with Gasteiger partial charge in [0, 0.05) is 0 Å². The van der Waals surface area contributed by atoms with Gasteiger partial charge in [-0.3, -0.25) is 9.10 Å². The Morgan fingerprint density at radius 1 is 0.909 bits per heavy atom. The van der Waals surface area contributed by atoms with Crippen LogP contribution in [0.1, 0.15) is 0 Å². The highest BCUT2D eigenvalue weighted by molar-refractivity contribution is 7.94. The van der Waals surface area contributed by atoms with Crippen molar-refractivity contribution in [2.45, 2.75) is 4.21 Å². The second-order valence-electron chi connectivity index (χ2n) is 6.88. The van der Waals surface area contributed by atoms with Gasteiger partial charge >= 0.3 is 0 Å². The van der Waals surface area contributed by atoms with E-state index in [1.54, 1.807) is 47.8 Å². The minimum atomic E-state index is -4.03. The third-order valence-electron chi connectivity index (χ3n) is 4.57. The number of amides is 1. The third-order valence-corrected chi connectivity index (χ3v) is 7.72. The predicted molar refractivity (Wildman–Crippen MR) is 127 cm³/mol. The molecular weight excluding hydrogens is 463 g/mol. The second-order valence-corrected chi connectivity index (χ2v) is 9.92. The first-order valence-corrected chi connectivity index (χ1v) is 12.2. The van der Waals surface area contributed by atoms with E-state index in [-0.39, 0.29) is 9.90 Å². The van der Waals surface area contributed by atoms with Crippen LogP contribution < -0.4 is 14.4 Å². The van der Waals surface area contributed by atoms with Crippen molar-refractivity contribution in [3.8, 4) is 11.5 Å². The third kappa shape index (κ3) is 5.39. The van der Waals surface area contributed by atoms with Gasteiger partial charge < -0.3 is 10.1 Å². The van der Waals surface area contributed by atoms with E-state index < -0.39 is 28.3 Å².